The smallest absolute Gasteiger partial charge is 0.263 e. The van der Waals surface area contributed by atoms with Gasteiger partial charge in [-0.05, 0) is 24.6 Å². The lowest BCUT2D eigenvalue weighted by Gasteiger charge is -2.09. The highest BCUT2D eigenvalue weighted by Crippen LogP contribution is 2.16. The molecule has 0 radical (unpaired) electrons. The number of hydrogen-bond donors (Lipinski definition) is 2. The Morgan fingerprint density at radius 2 is 2.00 bits per heavy atom. The fraction of sp³-hybridized carbons (Fsp3) is 0.231. The van der Waals surface area contributed by atoms with E-state index in [9.17, 15) is 12.8 Å². The van der Waals surface area contributed by atoms with Crippen molar-refractivity contribution in [3.63, 3.8) is 0 Å². The number of sulfonamides is 1. The summed E-state index contributed by atoms with van der Waals surface area (Å²) in [5, 5.41) is 3.01. The normalized spacial score (nSPS) is 11.1. The molecule has 0 saturated heterocycles. The van der Waals surface area contributed by atoms with Gasteiger partial charge in [0.25, 0.3) is 10.0 Å². The maximum atomic E-state index is 12.8. The zero-order valence-electron chi connectivity index (χ0n) is 11.4. The highest BCUT2D eigenvalue weighted by Gasteiger charge is 2.15. The molecule has 8 heteroatoms. The van der Waals surface area contributed by atoms with Gasteiger partial charge in [-0.15, -0.1) is 0 Å². The average Bonchev–Trinajstić information content (AvgIpc) is 2.48. The number of anilines is 2. The third kappa shape index (κ3) is 4.12. The Labute approximate surface area is 122 Å². The lowest BCUT2D eigenvalue weighted by atomic mass is 10.4. The molecule has 0 aromatic carbocycles. The Hall–Kier alpha value is -2.22. The molecule has 6 nitrogen and oxygen atoms in total. The number of nitrogens with zero attached hydrogens (tertiary/aromatic N) is 2. The standard InChI is InChI=1S/C13H15FN4O2S/c1-2-6-15-13-8-11(5-7-16-13)21(19,20)18-12-4-3-10(14)9-17-12/h3-5,7-9H,2,6H2,1H3,(H,15,16)(H,17,18). The lowest BCUT2D eigenvalue weighted by molar-refractivity contribution is 0.600. The van der Waals surface area contributed by atoms with Gasteiger partial charge in [0, 0.05) is 18.8 Å². The number of aromatic nitrogens is 2. The fourth-order valence-electron chi connectivity index (χ4n) is 1.56. The maximum absolute atomic E-state index is 12.8. The van der Waals surface area contributed by atoms with Gasteiger partial charge in [-0.1, -0.05) is 6.92 Å². The summed E-state index contributed by atoms with van der Waals surface area (Å²) in [6, 6.07) is 5.19. The van der Waals surface area contributed by atoms with Crippen LogP contribution in [0.2, 0.25) is 0 Å². The van der Waals surface area contributed by atoms with Gasteiger partial charge >= 0.3 is 0 Å². The molecule has 0 unspecified atom stereocenters. The Bertz CT molecular complexity index is 704. The van der Waals surface area contributed by atoms with E-state index in [4.69, 9.17) is 0 Å². The van der Waals surface area contributed by atoms with Gasteiger partial charge in [-0.3, -0.25) is 4.72 Å². The molecule has 0 aliphatic heterocycles. The molecule has 21 heavy (non-hydrogen) atoms. The summed E-state index contributed by atoms with van der Waals surface area (Å²) in [5.74, 6) is -0.00372. The minimum absolute atomic E-state index is 0.0521. The molecule has 112 valence electrons. The van der Waals surface area contributed by atoms with Crippen LogP contribution in [0.4, 0.5) is 16.0 Å². The first-order chi connectivity index (χ1) is 10.0. The van der Waals surface area contributed by atoms with E-state index >= 15 is 0 Å². The van der Waals surface area contributed by atoms with E-state index in [1.807, 2.05) is 6.92 Å². The predicted octanol–water partition coefficient (Wildman–Crippen LogP) is 2.24. The molecule has 0 saturated carbocycles. The van der Waals surface area contributed by atoms with Crippen molar-refractivity contribution in [1.29, 1.82) is 0 Å². The van der Waals surface area contributed by atoms with Gasteiger partial charge in [0.2, 0.25) is 0 Å². The van der Waals surface area contributed by atoms with Gasteiger partial charge in [0.1, 0.15) is 17.5 Å². The first kappa shape index (κ1) is 15.2. The molecule has 0 aliphatic carbocycles. The van der Waals surface area contributed by atoms with Crippen molar-refractivity contribution < 1.29 is 12.8 Å². The summed E-state index contributed by atoms with van der Waals surface area (Å²) in [6.45, 7) is 2.69. The Morgan fingerprint density at radius 3 is 2.67 bits per heavy atom. The SMILES string of the molecule is CCCNc1cc(S(=O)(=O)Nc2ccc(F)cn2)ccn1. The van der Waals surface area contributed by atoms with Gasteiger partial charge in [0.15, 0.2) is 0 Å². The molecule has 0 bridgehead atoms. The van der Waals surface area contributed by atoms with E-state index in [0.29, 0.717) is 12.4 Å². The van der Waals surface area contributed by atoms with Crippen LogP contribution in [0.3, 0.4) is 0 Å². The molecular formula is C13H15FN4O2S. The van der Waals surface area contributed by atoms with Crippen molar-refractivity contribution in [1.82, 2.24) is 9.97 Å². The van der Waals surface area contributed by atoms with Gasteiger partial charge in [-0.25, -0.2) is 22.8 Å². The average molecular weight is 310 g/mol. The Balaban J connectivity index is 2.20. The number of halogens is 1. The van der Waals surface area contributed by atoms with E-state index in [1.54, 1.807) is 0 Å². The van der Waals surface area contributed by atoms with E-state index < -0.39 is 15.8 Å². The second kappa shape index (κ2) is 6.49. The third-order valence-corrected chi connectivity index (χ3v) is 3.92. The van der Waals surface area contributed by atoms with E-state index in [-0.39, 0.29) is 10.7 Å². The molecule has 2 heterocycles. The molecule has 2 aromatic heterocycles. The van der Waals surface area contributed by atoms with Crippen LogP contribution in [-0.4, -0.2) is 24.9 Å². The van der Waals surface area contributed by atoms with Crippen molar-refractivity contribution in [2.75, 3.05) is 16.6 Å². The molecule has 0 amide bonds. The van der Waals surface area contributed by atoms with E-state index in [2.05, 4.69) is 20.0 Å². The first-order valence-corrected chi connectivity index (χ1v) is 7.84. The summed E-state index contributed by atoms with van der Waals surface area (Å²) < 4.78 is 39.5. The topological polar surface area (TPSA) is 84.0 Å². The van der Waals surface area contributed by atoms with Crippen LogP contribution in [0.5, 0.6) is 0 Å². The monoisotopic (exact) mass is 310 g/mol. The van der Waals surface area contributed by atoms with Crippen LogP contribution >= 0.6 is 0 Å². The summed E-state index contributed by atoms with van der Waals surface area (Å²) in [4.78, 5) is 7.76. The molecule has 2 rings (SSSR count). The third-order valence-electron chi connectivity index (χ3n) is 2.56. The quantitative estimate of drug-likeness (QED) is 0.855. The maximum Gasteiger partial charge on any atom is 0.263 e. The minimum Gasteiger partial charge on any atom is -0.370 e. The van der Waals surface area contributed by atoms with Gasteiger partial charge in [0.05, 0.1) is 11.1 Å². The Kier molecular flexibility index (Phi) is 4.69. The van der Waals surface area contributed by atoms with Crippen LogP contribution in [0.1, 0.15) is 13.3 Å². The number of pyridine rings is 2. The molecule has 0 atom stereocenters. The van der Waals surface area contributed by atoms with E-state index in [0.717, 1.165) is 18.7 Å². The van der Waals surface area contributed by atoms with Crippen LogP contribution in [0.25, 0.3) is 0 Å². The summed E-state index contributed by atoms with van der Waals surface area (Å²) in [7, 11) is -3.79. The Morgan fingerprint density at radius 1 is 1.19 bits per heavy atom. The largest absolute Gasteiger partial charge is 0.370 e. The highest BCUT2D eigenvalue weighted by molar-refractivity contribution is 7.92. The molecule has 0 fully saturated rings. The van der Waals surface area contributed by atoms with Crippen molar-refractivity contribution in [2.45, 2.75) is 18.2 Å². The molecule has 2 aromatic rings. The summed E-state index contributed by atoms with van der Waals surface area (Å²) in [5.41, 5.74) is 0. The zero-order chi connectivity index (χ0) is 15.3. The molecule has 0 spiro atoms. The number of rotatable bonds is 6. The van der Waals surface area contributed by atoms with Crippen LogP contribution < -0.4 is 10.0 Å². The molecular weight excluding hydrogens is 295 g/mol. The van der Waals surface area contributed by atoms with Gasteiger partial charge < -0.3 is 5.32 Å². The molecule has 0 aliphatic rings. The lowest BCUT2D eigenvalue weighted by Crippen LogP contribution is -2.14. The minimum atomic E-state index is -3.79. The molecule has 2 N–H and O–H groups in total. The second-order valence-corrected chi connectivity index (χ2v) is 5.95. The predicted molar refractivity (Wildman–Crippen MR) is 78.0 cm³/mol. The first-order valence-electron chi connectivity index (χ1n) is 6.35. The number of nitrogens with one attached hydrogen (secondary N) is 2. The van der Waals surface area contributed by atoms with Crippen LogP contribution in [-0.2, 0) is 10.0 Å². The van der Waals surface area contributed by atoms with Crippen molar-refractivity contribution in [3.05, 3.63) is 42.5 Å². The van der Waals surface area contributed by atoms with Gasteiger partial charge in [-0.2, -0.15) is 0 Å². The van der Waals surface area contributed by atoms with Crippen molar-refractivity contribution in [3.8, 4) is 0 Å². The highest BCUT2D eigenvalue weighted by atomic mass is 32.2. The van der Waals surface area contributed by atoms with Crippen LogP contribution in [0.15, 0.2) is 41.6 Å². The van der Waals surface area contributed by atoms with Crippen molar-refractivity contribution >= 4 is 21.7 Å². The van der Waals surface area contributed by atoms with E-state index in [1.165, 1.54) is 24.4 Å². The zero-order valence-corrected chi connectivity index (χ0v) is 12.2. The number of hydrogen-bond acceptors (Lipinski definition) is 5. The van der Waals surface area contributed by atoms with Crippen LogP contribution in [0, 0.1) is 5.82 Å². The van der Waals surface area contributed by atoms with Crippen molar-refractivity contribution in [2.24, 2.45) is 0 Å². The second-order valence-electron chi connectivity index (χ2n) is 4.27. The fourth-order valence-corrected chi connectivity index (χ4v) is 2.58. The summed E-state index contributed by atoms with van der Waals surface area (Å²) >= 11 is 0. The summed E-state index contributed by atoms with van der Waals surface area (Å²) in [6.07, 6.45) is 3.25.